The van der Waals surface area contributed by atoms with Crippen LogP contribution in [0, 0.1) is 5.92 Å². The third-order valence-electron chi connectivity index (χ3n) is 4.07. The van der Waals surface area contributed by atoms with Crippen molar-refractivity contribution >= 4 is 6.09 Å². The molecule has 24 heavy (non-hydrogen) atoms. The van der Waals surface area contributed by atoms with E-state index in [4.69, 9.17) is 14.6 Å². The third-order valence-corrected chi connectivity index (χ3v) is 4.07. The number of benzene rings is 1. The maximum atomic E-state index is 12.1. The van der Waals surface area contributed by atoms with Crippen LogP contribution in [-0.2, 0) is 11.2 Å². The van der Waals surface area contributed by atoms with Crippen molar-refractivity contribution < 1.29 is 19.4 Å². The Morgan fingerprint density at radius 2 is 1.83 bits per heavy atom. The van der Waals surface area contributed by atoms with E-state index in [9.17, 15) is 4.79 Å². The smallest absolute Gasteiger partial charge is 0.410 e. The Morgan fingerprint density at radius 1 is 1.21 bits per heavy atom. The lowest BCUT2D eigenvalue weighted by Crippen LogP contribution is -2.42. The van der Waals surface area contributed by atoms with Gasteiger partial charge in [-0.1, -0.05) is 12.1 Å². The van der Waals surface area contributed by atoms with Crippen LogP contribution in [0.15, 0.2) is 24.3 Å². The van der Waals surface area contributed by atoms with E-state index in [0.717, 1.165) is 38.1 Å². The summed E-state index contributed by atoms with van der Waals surface area (Å²) in [5.74, 6) is 1.38. The van der Waals surface area contributed by atoms with E-state index in [0.29, 0.717) is 12.5 Å². The zero-order valence-electron chi connectivity index (χ0n) is 15.0. The molecular weight excluding hydrogens is 306 g/mol. The second-order valence-electron chi connectivity index (χ2n) is 7.33. The Balaban J connectivity index is 1.77. The van der Waals surface area contributed by atoms with Crippen molar-refractivity contribution in [1.29, 1.82) is 0 Å². The summed E-state index contributed by atoms with van der Waals surface area (Å²) >= 11 is 0. The van der Waals surface area contributed by atoms with Crippen LogP contribution in [-0.4, -0.2) is 48.0 Å². The topological polar surface area (TPSA) is 59.0 Å². The Labute approximate surface area is 144 Å². The number of hydrogen-bond donors (Lipinski definition) is 1. The lowest BCUT2D eigenvalue weighted by atomic mass is 9.90. The zero-order valence-corrected chi connectivity index (χ0v) is 15.0. The molecule has 1 aliphatic heterocycles. The second-order valence-corrected chi connectivity index (χ2v) is 7.33. The monoisotopic (exact) mass is 335 g/mol. The molecule has 0 aliphatic carbocycles. The first kappa shape index (κ1) is 18.6. The summed E-state index contributed by atoms with van der Waals surface area (Å²) in [6, 6.07) is 8.04. The lowest BCUT2D eigenvalue weighted by Gasteiger charge is -2.33. The van der Waals surface area contributed by atoms with E-state index in [1.54, 1.807) is 0 Å². The minimum absolute atomic E-state index is 0.0258. The average Bonchev–Trinajstić information content (AvgIpc) is 2.53. The SMILES string of the molecule is CC(C)(C)OC(=O)N1CCC(Cc2ccc(OCCO)cc2)CC1. The molecule has 1 saturated heterocycles. The molecule has 2 rings (SSSR count). The van der Waals surface area contributed by atoms with Crippen molar-refractivity contribution in [2.24, 2.45) is 5.92 Å². The molecule has 1 heterocycles. The van der Waals surface area contributed by atoms with Gasteiger partial charge in [0.05, 0.1) is 6.61 Å². The maximum absolute atomic E-state index is 12.1. The van der Waals surface area contributed by atoms with Crippen molar-refractivity contribution in [3.8, 4) is 5.75 Å². The van der Waals surface area contributed by atoms with Gasteiger partial charge in [-0.05, 0) is 63.6 Å². The molecule has 1 aliphatic rings. The highest BCUT2D eigenvalue weighted by atomic mass is 16.6. The van der Waals surface area contributed by atoms with Crippen molar-refractivity contribution in [3.05, 3.63) is 29.8 Å². The van der Waals surface area contributed by atoms with Crippen LogP contribution in [0.1, 0.15) is 39.2 Å². The Hall–Kier alpha value is -1.75. The van der Waals surface area contributed by atoms with Gasteiger partial charge in [-0.2, -0.15) is 0 Å². The van der Waals surface area contributed by atoms with Crippen LogP contribution >= 0.6 is 0 Å². The highest BCUT2D eigenvalue weighted by Gasteiger charge is 2.26. The first-order valence-electron chi connectivity index (χ1n) is 8.68. The number of ether oxygens (including phenoxy) is 2. The number of amides is 1. The van der Waals surface area contributed by atoms with Crippen LogP contribution in [0.4, 0.5) is 4.79 Å². The molecule has 0 unspecified atom stereocenters. The van der Waals surface area contributed by atoms with E-state index in [1.807, 2.05) is 37.8 Å². The fraction of sp³-hybridized carbons (Fsp3) is 0.632. The summed E-state index contributed by atoms with van der Waals surface area (Å²) in [5.41, 5.74) is 0.843. The molecular formula is C19H29NO4. The number of hydrogen-bond acceptors (Lipinski definition) is 4. The van der Waals surface area contributed by atoms with Crippen molar-refractivity contribution in [2.45, 2.75) is 45.6 Å². The van der Waals surface area contributed by atoms with E-state index >= 15 is 0 Å². The Bertz CT molecular complexity index is 513. The normalized spacial score (nSPS) is 16.1. The van der Waals surface area contributed by atoms with E-state index in [-0.39, 0.29) is 12.7 Å². The number of piperidine rings is 1. The minimum atomic E-state index is -0.437. The van der Waals surface area contributed by atoms with Gasteiger partial charge in [-0.25, -0.2) is 4.79 Å². The van der Waals surface area contributed by atoms with Crippen molar-refractivity contribution in [3.63, 3.8) is 0 Å². The molecule has 0 radical (unpaired) electrons. The van der Waals surface area contributed by atoms with Crippen LogP contribution in [0.3, 0.4) is 0 Å². The van der Waals surface area contributed by atoms with Crippen LogP contribution in [0.25, 0.3) is 0 Å². The molecule has 1 amide bonds. The molecule has 0 spiro atoms. The highest BCUT2D eigenvalue weighted by Crippen LogP contribution is 2.24. The quantitative estimate of drug-likeness (QED) is 0.897. The summed E-state index contributed by atoms with van der Waals surface area (Å²) in [6.45, 7) is 7.55. The summed E-state index contributed by atoms with van der Waals surface area (Å²) in [6.07, 6.45) is 2.82. The molecule has 5 heteroatoms. The number of rotatable bonds is 5. The predicted molar refractivity (Wildman–Crippen MR) is 93.3 cm³/mol. The minimum Gasteiger partial charge on any atom is -0.491 e. The molecule has 1 fully saturated rings. The largest absolute Gasteiger partial charge is 0.491 e. The number of carbonyl (C=O) groups excluding carboxylic acids is 1. The molecule has 134 valence electrons. The number of carbonyl (C=O) groups is 1. The van der Waals surface area contributed by atoms with Gasteiger partial charge in [0.2, 0.25) is 0 Å². The van der Waals surface area contributed by atoms with E-state index in [2.05, 4.69) is 12.1 Å². The first-order valence-corrected chi connectivity index (χ1v) is 8.68. The first-order chi connectivity index (χ1) is 11.4. The van der Waals surface area contributed by atoms with Gasteiger partial charge in [-0.3, -0.25) is 0 Å². The molecule has 1 aromatic carbocycles. The van der Waals surface area contributed by atoms with Gasteiger partial charge < -0.3 is 19.5 Å². The molecule has 0 aromatic heterocycles. The Kier molecular flexibility index (Phi) is 6.49. The molecule has 5 nitrogen and oxygen atoms in total. The van der Waals surface area contributed by atoms with Gasteiger partial charge in [-0.15, -0.1) is 0 Å². The number of nitrogens with zero attached hydrogens (tertiary/aromatic N) is 1. The predicted octanol–water partition coefficient (Wildman–Crippen LogP) is 3.25. The van der Waals surface area contributed by atoms with Gasteiger partial charge >= 0.3 is 6.09 Å². The number of likely N-dealkylation sites (tertiary alicyclic amines) is 1. The standard InChI is InChI=1S/C19H29NO4/c1-19(2,3)24-18(22)20-10-8-16(9-11-20)14-15-4-6-17(7-5-15)23-13-12-21/h4-7,16,21H,8-14H2,1-3H3. The lowest BCUT2D eigenvalue weighted by molar-refractivity contribution is 0.0184. The van der Waals surface area contributed by atoms with Crippen LogP contribution in [0.2, 0.25) is 0 Å². The highest BCUT2D eigenvalue weighted by molar-refractivity contribution is 5.68. The molecule has 1 N–H and O–H groups in total. The van der Waals surface area contributed by atoms with Crippen molar-refractivity contribution in [1.82, 2.24) is 4.90 Å². The fourth-order valence-electron chi connectivity index (χ4n) is 2.86. The third kappa shape index (κ3) is 6.04. The van der Waals surface area contributed by atoms with Gasteiger partial charge in [0.15, 0.2) is 0 Å². The molecule has 0 saturated carbocycles. The van der Waals surface area contributed by atoms with Gasteiger partial charge in [0.1, 0.15) is 18.0 Å². The Morgan fingerprint density at radius 3 is 2.38 bits per heavy atom. The van der Waals surface area contributed by atoms with Gasteiger partial charge in [0, 0.05) is 13.1 Å². The van der Waals surface area contributed by atoms with E-state index in [1.165, 1.54) is 5.56 Å². The number of aliphatic hydroxyl groups is 1. The van der Waals surface area contributed by atoms with Crippen molar-refractivity contribution in [2.75, 3.05) is 26.3 Å². The second kappa shape index (κ2) is 8.38. The van der Waals surface area contributed by atoms with Gasteiger partial charge in [0.25, 0.3) is 0 Å². The zero-order chi connectivity index (χ0) is 17.6. The fourth-order valence-corrected chi connectivity index (χ4v) is 2.86. The average molecular weight is 335 g/mol. The molecule has 1 aromatic rings. The summed E-state index contributed by atoms with van der Waals surface area (Å²) in [7, 11) is 0. The molecule has 0 bridgehead atoms. The maximum Gasteiger partial charge on any atom is 0.410 e. The van der Waals surface area contributed by atoms with Crippen LogP contribution < -0.4 is 4.74 Å². The van der Waals surface area contributed by atoms with E-state index < -0.39 is 5.60 Å². The van der Waals surface area contributed by atoms with Crippen LogP contribution in [0.5, 0.6) is 5.75 Å². The summed E-state index contributed by atoms with van der Waals surface area (Å²) < 4.78 is 10.8. The summed E-state index contributed by atoms with van der Waals surface area (Å²) in [5, 5.41) is 8.76. The molecule has 0 atom stereocenters. The number of aliphatic hydroxyl groups excluding tert-OH is 1. The summed E-state index contributed by atoms with van der Waals surface area (Å²) in [4.78, 5) is 13.9.